The summed E-state index contributed by atoms with van der Waals surface area (Å²) in [5.74, 6) is 3.64. The van der Waals surface area contributed by atoms with E-state index in [2.05, 4.69) is 31.1 Å². The number of hydrogen-bond acceptors (Lipinski definition) is 3. The highest BCUT2D eigenvalue weighted by Crippen LogP contribution is 2.48. The maximum atomic E-state index is 13.1. The molecule has 0 spiro atoms. The predicted octanol–water partition coefficient (Wildman–Crippen LogP) is 6.45. The number of hydrogen-bond donors (Lipinski definition) is 1. The van der Waals surface area contributed by atoms with E-state index in [0.717, 1.165) is 17.3 Å². The van der Waals surface area contributed by atoms with Crippen molar-refractivity contribution in [3.8, 4) is 0 Å². The van der Waals surface area contributed by atoms with Crippen LogP contribution < -0.4 is 5.32 Å². The molecule has 0 saturated heterocycles. The molecule has 0 radical (unpaired) electrons. The van der Waals surface area contributed by atoms with Crippen LogP contribution in [0.4, 0.5) is 13.2 Å². The summed E-state index contributed by atoms with van der Waals surface area (Å²) in [6.07, 6.45) is -1.91. The Hall–Kier alpha value is -0.210. The molecule has 0 aliphatic carbocycles. The lowest BCUT2D eigenvalue weighted by Crippen LogP contribution is -2.42. The first-order valence-electron chi connectivity index (χ1n) is 9.35. The van der Waals surface area contributed by atoms with Crippen LogP contribution >= 0.6 is 33.2 Å². The smallest absolute Gasteiger partial charge is 0.363 e. The second-order valence-corrected chi connectivity index (χ2v) is 12.6. The van der Waals surface area contributed by atoms with Gasteiger partial charge in [-0.25, -0.2) is 10.0 Å². The Balaban J connectivity index is 3.00. The molecule has 1 rings (SSSR count). The Labute approximate surface area is 178 Å². The van der Waals surface area contributed by atoms with Crippen LogP contribution in [0.25, 0.3) is 0 Å². The SMILES string of the molecule is CCS(CC)(CC)COC(CNCC(C)(C)C(F)(F)F)c1c(Cl)cncc1Cl. The fraction of sp³-hybridized carbons (Fsp3) is 0.737. The van der Waals surface area contributed by atoms with Gasteiger partial charge in [0.2, 0.25) is 0 Å². The minimum Gasteiger partial charge on any atom is -0.363 e. The highest BCUT2D eigenvalue weighted by molar-refractivity contribution is 8.33. The van der Waals surface area contributed by atoms with Gasteiger partial charge in [0.15, 0.2) is 0 Å². The quantitative estimate of drug-likeness (QED) is 0.410. The van der Waals surface area contributed by atoms with Crippen molar-refractivity contribution in [3.05, 3.63) is 28.0 Å². The second-order valence-electron chi connectivity index (χ2n) is 7.39. The summed E-state index contributed by atoms with van der Waals surface area (Å²) in [5.41, 5.74) is -1.29. The zero-order valence-electron chi connectivity index (χ0n) is 17.1. The summed E-state index contributed by atoms with van der Waals surface area (Å²) in [6.45, 7) is 8.73. The number of pyridine rings is 1. The van der Waals surface area contributed by atoms with E-state index < -0.39 is 27.7 Å². The maximum Gasteiger partial charge on any atom is 0.395 e. The minimum absolute atomic E-state index is 0.176. The molecule has 0 aliphatic heterocycles. The van der Waals surface area contributed by atoms with Gasteiger partial charge < -0.3 is 10.1 Å². The topological polar surface area (TPSA) is 34.1 Å². The van der Waals surface area contributed by atoms with Gasteiger partial charge in [-0.1, -0.05) is 44.0 Å². The number of halogens is 5. The molecule has 1 unspecified atom stereocenters. The van der Waals surface area contributed by atoms with E-state index in [4.69, 9.17) is 27.9 Å². The zero-order valence-corrected chi connectivity index (χ0v) is 19.5. The molecule has 0 saturated carbocycles. The fourth-order valence-electron chi connectivity index (χ4n) is 2.68. The van der Waals surface area contributed by atoms with Crippen LogP contribution in [-0.2, 0) is 4.74 Å². The molecule has 9 heteroatoms. The van der Waals surface area contributed by atoms with Gasteiger partial charge in [0, 0.05) is 31.0 Å². The second kappa shape index (κ2) is 10.7. The summed E-state index contributed by atoms with van der Waals surface area (Å²) in [4.78, 5) is 3.95. The van der Waals surface area contributed by atoms with Crippen LogP contribution in [0.15, 0.2) is 12.4 Å². The Morgan fingerprint density at radius 1 is 1.07 bits per heavy atom. The third kappa shape index (κ3) is 6.66. The van der Waals surface area contributed by atoms with Gasteiger partial charge in [-0.3, -0.25) is 4.98 Å². The lowest BCUT2D eigenvalue weighted by molar-refractivity contribution is -0.209. The van der Waals surface area contributed by atoms with E-state index in [0.29, 0.717) is 21.5 Å². The van der Waals surface area contributed by atoms with E-state index in [1.165, 1.54) is 26.2 Å². The first kappa shape index (κ1) is 25.8. The molecule has 1 aromatic heterocycles. The summed E-state index contributed by atoms with van der Waals surface area (Å²) in [6, 6.07) is 0. The van der Waals surface area contributed by atoms with E-state index in [1.807, 2.05) is 0 Å². The lowest BCUT2D eigenvalue weighted by atomic mass is 9.92. The standard InChI is InChI=1S/C19H31Cl2F3N2OS/c1-6-28(7-2,8-3)13-27-16(17-14(20)9-25-10-15(17)21)11-26-12-18(4,5)19(22,23)24/h9-10,16,26H,6-8,11-13H2,1-5H3. The van der Waals surface area contributed by atoms with E-state index in [9.17, 15) is 13.2 Å². The van der Waals surface area contributed by atoms with Crippen LogP contribution in [-0.4, -0.2) is 47.4 Å². The first-order valence-corrected chi connectivity index (χ1v) is 12.4. The van der Waals surface area contributed by atoms with Crippen LogP contribution in [0.2, 0.25) is 10.0 Å². The van der Waals surface area contributed by atoms with Crippen molar-refractivity contribution >= 4 is 33.2 Å². The van der Waals surface area contributed by atoms with Crippen LogP contribution in [0.5, 0.6) is 0 Å². The van der Waals surface area contributed by atoms with Gasteiger partial charge in [0.05, 0.1) is 27.5 Å². The van der Waals surface area contributed by atoms with Crippen molar-refractivity contribution in [2.24, 2.45) is 5.41 Å². The van der Waals surface area contributed by atoms with Crippen LogP contribution in [0, 0.1) is 5.41 Å². The number of nitrogens with zero attached hydrogens (tertiary/aromatic N) is 1. The number of alkyl halides is 3. The Morgan fingerprint density at radius 3 is 2.00 bits per heavy atom. The molecule has 0 amide bonds. The van der Waals surface area contributed by atoms with Crippen molar-refractivity contribution in [1.82, 2.24) is 10.3 Å². The highest BCUT2D eigenvalue weighted by atomic mass is 35.5. The van der Waals surface area contributed by atoms with Gasteiger partial charge in [-0.05, 0) is 31.1 Å². The summed E-state index contributed by atoms with van der Waals surface area (Å²) >= 11 is 12.6. The molecule has 1 heterocycles. The fourth-order valence-corrected chi connectivity index (χ4v) is 5.46. The molecule has 164 valence electrons. The average molecular weight is 463 g/mol. The Morgan fingerprint density at radius 2 is 1.57 bits per heavy atom. The highest BCUT2D eigenvalue weighted by Gasteiger charge is 2.46. The van der Waals surface area contributed by atoms with Gasteiger partial charge in [0.1, 0.15) is 0 Å². The third-order valence-electron chi connectivity index (χ3n) is 5.23. The van der Waals surface area contributed by atoms with Gasteiger partial charge in [0.25, 0.3) is 0 Å². The first-order chi connectivity index (χ1) is 12.9. The number of rotatable bonds is 11. The predicted molar refractivity (Wildman–Crippen MR) is 115 cm³/mol. The van der Waals surface area contributed by atoms with E-state index in [1.54, 1.807) is 0 Å². The van der Waals surface area contributed by atoms with Crippen LogP contribution in [0.1, 0.15) is 46.3 Å². The maximum absolute atomic E-state index is 13.1. The molecular weight excluding hydrogens is 432 g/mol. The summed E-state index contributed by atoms with van der Waals surface area (Å²) in [7, 11) is -0.947. The largest absolute Gasteiger partial charge is 0.395 e. The Bertz CT molecular complexity index is 597. The zero-order chi connectivity index (χ0) is 21.6. The van der Waals surface area contributed by atoms with Crippen molar-refractivity contribution in [2.45, 2.75) is 46.9 Å². The molecule has 1 aromatic rings. The normalized spacial score (nSPS) is 14.9. The molecule has 0 aromatic carbocycles. The van der Waals surface area contributed by atoms with Crippen molar-refractivity contribution in [2.75, 3.05) is 36.3 Å². The van der Waals surface area contributed by atoms with Gasteiger partial charge >= 0.3 is 6.18 Å². The molecule has 1 N–H and O–H groups in total. The summed E-state index contributed by atoms with van der Waals surface area (Å²) < 4.78 is 45.6. The molecule has 0 bridgehead atoms. The third-order valence-corrected chi connectivity index (χ3v) is 10.1. The monoisotopic (exact) mass is 462 g/mol. The molecular formula is C19H31Cl2F3N2OS. The van der Waals surface area contributed by atoms with Crippen molar-refractivity contribution in [3.63, 3.8) is 0 Å². The van der Waals surface area contributed by atoms with Crippen molar-refractivity contribution < 1.29 is 17.9 Å². The number of ether oxygens (including phenoxy) is 1. The van der Waals surface area contributed by atoms with Gasteiger partial charge in [-0.2, -0.15) is 13.2 Å². The number of aromatic nitrogens is 1. The lowest BCUT2D eigenvalue weighted by Gasteiger charge is -2.38. The Kier molecular flexibility index (Phi) is 9.88. The van der Waals surface area contributed by atoms with E-state index >= 15 is 0 Å². The minimum atomic E-state index is -4.30. The molecule has 3 nitrogen and oxygen atoms in total. The average Bonchev–Trinajstić information content (AvgIpc) is 2.61. The molecule has 28 heavy (non-hydrogen) atoms. The van der Waals surface area contributed by atoms with Gasteiger partial charge in [-0.15, -0.1) is 0 Å². The number of nitrogens with one attached hydrogen (secondary N) is 1. The molecule has 1 atom stereocenters. The molecule has 0 aliphatic rings. The van der Waals surface area contributed by atoms with Crippen LogP contribution in [0.3, 0.4) is 0 Å². The summed E-state index contributed by atoms with van der Waals surface area (Å²) in [5, 5.41) is 3.60. The molecule has 0 fully saturated rings. The van der Waals surface area contributed by atoms with E-state index in [-0.39, 0.29) is 13.1 Å². The van der Waals surface area contributed by atoms with Crippen molar-refractivity contribution in [1.29, 1.82) is 0 Å².